The van der Waals surface area contributed by atoms with Crippen molar-refractivity contribution in [3.8, 4) is 0 Å². The smallest absolute Gasteiger partial charge is 0.317 e. The summed E-state index contributed by atoms with van der Waals surface area (Å²) in [5.74, 6) is -0.728. The molecule has 0 amide bonds. The van der Waals surface area contributed by atoms with Gasteiger partial charge in [-0.25, -0.2) is 0 Å². The minimum absolute atomic E-state index is 0.165. The fraction of sp³-hybridized carbons (Fsp3) is 0.909. The quantitative estimate of drug-likeness (QED) is 0.752. The fourth-order valence-corrected chi connectivity index (χ4v) is 2.10. The van der Waals surface area contributed by atoms with E-state index in [4.69, 9.17) is 9.84 Å². The molecule has 1 aliphatic rings. The maximum absolute atomic E-state index is 10.7. The minimum atomic E-state index is -0.728. The van der Waals surface area contributed by atoms with Gasteiger partial charge in [-0.3, -0.25) is 9.69 Å². The molecule has 0 aliphatic carbocycles. The number of hydrogen-bond donors (Lipinski definition) is 1. The van der Waals surface area contributed by atoms with E-state index in [2.05, 4.69) is 11.8 Å². The van der Waals surface area contributed by atoms with E-state index in [-0.39, 0.29) is 6.54 Å². The Bertz CT molecular complexity index is 188. The maximum Gasteiger partial charge on any atom is 0.317 e. The monoisotopic (exact) mass is 215 g/mol. The number of rotatable bonds is 5. The van der Waals surface area contributed by atoms with Gasteiger partial charge in [-0.05, 0) is 32.2 Å². The lowest BCUT2D eigenvalue weighted by atomic mass is 10.1. The zero-order chi connectivity index (χ0) is 11.1. The molecule has 0 radical (unpaired) electrons. The van der Waals surface area contributed by atoms with E-state index < -0.39 is 5.97 Å². The van der Waals surface area contributed by atoms with Gasteiger partial charge in [0.1, 0.15) is 0 Å². The molecule has 1 N–H and O–H groups in total. The van der Waals surface area contributed by atoms with E-state index in [0.717, 1.165) is 45.4 Å². The van der Waals surface area contributed by atoms with Crippen LogP contribution in [-0.4, -0.2) is 48.3 Å². The number of carboxylic acids is 1. The Morgan fingerprint density at radius 3 is 2.93 bits per heavy atom. The molecule has 0 bridgehead atoms. The average Bonchev–Trinajstić information content (AvgIpc) is 2.44. The zero-order valence-electron chi connectivity index (χ0n) is 9.45. The normalized spacial score (nSPS) is 22.7. The van der Waals surface area contributed by atoms with Gasteiger partial charge in [0.15, 0.2) is 0 Å². The van der Waals surface area contributed by atoms with Crippen LogP contribution in [0.4, 0.5) is 0 Å². The lowest BCUT2D eigenvalue weighted by Crippen LogP contribution is -2.39. The molecule has 4 nitrogen and oxygen atoms in total. The van der Waals surface area contributed by atoms with E-state index >= 15 is 0 Å². The van der Waals surface area contributed by atoms with Crippen LogP contribution in [0.1, 0.15) is 32.6 Å². The van der Waals surface area contributed by atoms with E-state index in [1.54, 1.807) is 0 Å². The van der Waals surface area contributed by atoms with E-state index in [1.807, 2.05) is 0 Å². The summed E-state index contributed by atoms with van der Waals surface area (Å²) < 4.78 is 5.38. The first-order valence-electron chi connectivity index (χ1n) is 5.77. The second-order valence-corrected chi connectivity index (χ2v) is 4.06. The molecule has 1 heterocycles. The Morgan fingerprint density at radius 1 is 1.47 bits per heavy atom. The first-order chi connectivity index (χ1) is 7.24. The molecule has 15 heavy (non-hydrogen) atoms. The molecule has 1 rings (SSSR count). The van der Waals surface area contributed by atoms with Crippen LogP contribution in [0.2, 0.25) is 0 Å². The number of aliphatic carboxylic acids is 1. The Hall–Kier alpha value is -0.610. The molecule has 1 saturated heterocycles. The first-order valence-corrected chi connectivity index (χ1v) is 5.77. The van der Waals surface area contributed by atoms with Gasteiger partial charge in [0.2, 0.25) is 0 Å². The molecule has 88 valence electrons. The van der Waals surface area contributed by atoms with E-state index in [0.29, 0.717) is 6.04 Å². The minimum Gasteiger partial charge on any atom is -0.480 e. The van der Waals surface area contributed by atoms with Gasteiger partial charge in [0.25, 0.3) is 0 Å². The van der Waals surface area contributed by atoms with Gasteiger partial charge in [-0.2, -0.15) is 0 Å². The lowest BCUT2D eigenvalue weighted by molar-refractivity contribution is -0.139. The Labute approximate surface area is 91.2 Å². The van der Waals surface area contributed by atoms with Crippen molar-refractivity contribution < 1.29 is 14.6 Å². The van der Waals surface area contributed by atoms with Crippen LogP contribution in [0.5, 0.6) is 0 Å². The van der Waals surface area contributed by atoms with Crippen molar-refractivity contribution in [3.05, 3.63) is 0 Å². The van der Waals surface area contributed by atoms with Crippen LogP contribution >= 0.6 is 0 Å². The molecule has 0 aromatic heterocycles. The molecule has 1 aliphatic heterocycles. The summed E-state index contributed by atoms with van der Waals surface area (Å²) >= 11 is 0. The number of hydrogen-bond acceptors (Lipinski definition) is 3. The van der Waals surface area contributed by atoms with Crippen LogP contribution in [0, 0.1) is 0 Å². The number of ether oxygens (including phenoxy) is 1. The average molecular weight is 215 g/mol. The highest BCUT2D eigenvalue weighted by Gasteiger charge is 2.21. The second-order valence-electron chi connectivity index (χ2n) is 4.06. The molecular formula is C11H21NO3. The third-order valence-electron chi connectivity index (χ3n) is 2.79. The highest BCUT2D eigenvalue weighted by atomic mass is 16.5. The van der Waals surface area contributed by atoms with Crippen LogP contribution in [0.3, 0.4) is 0 Å². The summed E-state index contributed by atoms with van der Waals surface area (Å²) in [4.78, 5) is 12.8. The summed E-state index contributed by atoms with van der Waals surface area (Å²) in [5.41, 5.74) is 0. The van der Waals surface area contributed by atoms with Crippen LogP contribution in [0.25, 0.3) is 0 Å². The van der Waals surface area contributed by atoms with Crippen LogP contribution in [0.15, 0.2) is 0 Å². The van der Waals surface area contributed by atoms with Crippen molar-refractivity contribution in [1.82, 2.24) is 4.90 Å². The third-order valence-corrected chi connectivity index (χ3v) is 2.79. The first kappa shape index (κ1) is 12.5. The van der Waals surface area contributed by atoms with Gasteiger partial charge in [-0.15, -0.1) is 0 Å². The molecule has 0 aromatic rings. The predicted octanol–water partition coefficient (Wildman–Crippen LogP) is 1.35. The lowest BCUT2D eigenvalue weighted by Gasteiger charge is -2.28. The summed E-state index contributed by atoms with van der Waals surface area (Å²) in [6, 6.07) is 0.392. The molecule has 0 saturated carbocycles. The summed E-state index contributed by atoms with van der Waals surface area (Å²) in [6.45, 7) is 4.71. The van der Waals surface area contributed by atoms with Crippen LogP contribution < -0.4 is 0 Å². The standard InChI is InChI=1S/C11H21NO3/c1-2-6-12(9-11(13)14)10-4-3-7-15-8-5-10/h10H,2-9H2,1H3,(H,13,14). The Balaban J connectivity index is 2.47. The molecular weight excluding hydrogens is 194 g/mol. The molecule has 0 aromatic carbocycles. The van der Waals surface area contributed by atoms with Crippen molar-refractivity contribution in [1.29, 1.82) is 0 Å². The van der Waals surface area contributed by atoms with Gasteiger partial charge in [0, 0.05) is 19.3 Å². The van der Waals surface area contributed by atoms with E-state index in [9.17, 15) is 4.79 Å². The molecule has 4 heteroatoms. The largest absolute Gasteiger partial charge is 0.480 e. The Morgan fingerprint density at radius 2 is 2.27 bits per heavy atom. The highest BCUT2D eigenvalue weighted by Crippen LogP contribution is 2.15. The summed E-state index contributed by atoms with van der Waals surface area (Å²) in [5, 5.41) is 8.84. The third kappa shape index (κ3) is 4.62. The zero-order valence-corrected chi connectivity index (χ0v) is 9.45. The van der Waals surface area contributed by atoms with Crippen molar-refractivity contribution in [2.24, 2.45) is 0 Å². The SMILES string of the molecule is CCCN(CC(=O)O)C1CCCOCC1. The van der Waals surface area contributed by atoms with Gasteiger partial charge in [-0.1, -0.05) is 6.92 Å². The van der Waals surface area contributed by atoms with Gasteiger partial charge < -0.3 is 9.84 Å². The van der Waals surface area contributed by atoms with Crippen molar-refractivity contribution >= 4 is 5.97 Å². The van der Waals surface area contributed by atoms with Gasteiger partial charge in [0.05, 0.1) is 6.54 Å². The van der Waals surface area contributed by atoms with Gasteiger partial charge >= 0.3 is 5.97 Å². The van der Waals surface area contributed by atoms with Crippen LogP contribution in [-0.2, 0) is 9.53 Å². The number of carboxylic acid groups (broad SMARTS) is 1. The van der Waals surface area contributed by atoms with Crippen molar-refractivity contribution in [2.75, 3.05) is 26.3 Å². The van der Waals surface area contributed by atoms with Crippen molar-refractivity contribution in [2.45, 2.75) is 38.6 Å². The molecule has 0 spiro atoms. The maximum atomic E-state index is 10.7. The number of nitrogens with zero attached hydrogens (tertiary/aromatic N) is 1. The highest BCUT2D eigenvalue weighted by molar-refractivity contribution is 5.69. The second kappa shape index (κ2) is 6.80. The summed E-state index contributed by atoms with van der Waals surface area (Å²) in [6.07, 6.45) is 4.08. The molecule has 1 atom stereocenters. The fourth-order valence-electron chi connectivity index (χ4n) is 2.10. The topological polar surface area (TPSA) is 49.8 Å². The van der Waals surface area contributed by atoms with E-state index in [1.165, 1.54) is 0 Å². The molecule has 1 fully saturated rings. The predicted molar refractivity (Wildman–Crippen MR) is 58.0 cm³/mol. The number of carbonyl (C=O) groups is 1. The summed E-state index contributed by atoms with van der Waals surface area (Å²) in [7, 11) is 0. The molecule has 1 unspecified atom stereocenters. The van der Waals surface area contributed by atoms with Crippen molar-refractivity contribution in [3.63, 3.8) is 0 Å². The Kier molecular flexibility index (Phi) is 5.65.